The van der Waals surface area contributed by atoms with Crippen molar-refractivity contribution in [2.75, 3.05) is 30.4 Å². The van der Waals surface area contributed by atoms with Gasteiger partial charge in [-0.3, -0.25) is 14.9 Å². The van der Waals surface area contributed by atoms with E-state index in [1.807, 2.05) is 32.0 Å². The molecular weight excluding hydrogens is 430 g/mol. The van der Waals surface area contributed by atoms with Crippen LogP contribution < -0.4 is 20.3 Å². The van der Waals surface area contributed by atoms with Crippen molar-refractivity contribution in [3.8, 4) is 5.75 Å². The van der Waals surface area contributed by atoms with Gasteiger partial charge in [-0.2, -0.15) is 0 Å². The van der Waals surface area contributed by atoms with Crippen LogP contribution in [0.4, 0.5) is 15.6 Å². The Balaban J connectivity index is 1.40. The maximum atomic E-state index is 13.2. The predicted octanol–water partition coefficient (Wildman–Crippen LogP) is 2.62. The van der Waals surface area contributed by atoms with Crippen LogP contribution in [0.5, 0.6) is 5.75 Å². The third kappa shape index (κ3) is 4.69. The van der Waals surface area contributed by atoms with Gasteiger partial charge < -0.3 is 19.9 Å². The van der Waals surface area contributed by atoms with Gasteiger partial charge in [0.25, 0.3) is 0 Å². The summed E-state index contributed by atoms with van der Waals surface area (Å²) < 4.78 is 5.25. The van der Waals surface area contributed by atoms with Gasteiger partial charge in [0.05, 0.1) is 25.3 Å². The summed E-state index contributed by atoms with van der Waals surface area (Å²) in [6, 6.07) is 7.05. The molecule has 1 aromatic heterocycles. The third-order valence-corrected chi connectivity index (χ3v) is 6.52. The molecule has 2 aromatic rings. The summed E-state index contributed by atoms with van der Waals surface area (Å²) in [6.07, 6.45) is 0.829. The number of nitrogens with zero attached hydrogens (tertiary/aromatic N) is 3. The van der Waals surface area contributed by atoms with Gasteiger partial charge in [0.2, 0.25) is 11.8 Å². The van der Waals surface area contributed by atoms with Crippen molar-refractivity contribution in [1.29, 1.82) is 0 Å². The fraction of sp³-hybridized carbons (Fsp3) is 0.455. The first-order chi connectivity index (χ1) is 15.3. The molecule has 0 bridgehead atoms. The molecule has 10 heteroatoms. The topological polar surface area (TPSA) is 104 Å². The van der Waals surface area contributed by atoms with Gasteiger partial charge in [-0.15, -0.1) is 0 Å². The number of amides is 4. The van der Waals surface area contributed by atoms with E-state index in [0.717, 1.165) is 16.3 Å². The smallest absolute Gasteiger partial charge is 0.321 e. The number of fused-ring (bicyclic) bond motifs is 1. The van der Waals surface area contributed by atoms with Crippen molar-refractivity contribution in [1.82, 2.24) is 15.2 Å². The third-order valence-electron chi connectivity index (χ3n) is 5.52. The molecule has 3 heterocycles. The fourth-order valence-corrected chi connectivity index (χ4v) is 5.01. The Morgan fingerprint density at radius 3 is 2.88 bits per heavy atom. The number of methoxy groups -OCH3 is 1. The van der Waals surface area contributed by atoms with Crippen LogP contribution in [0.3, 0.4) is 0 Å². The van der Waals surface area contributed by atoms with Crippen LogP contribution in [0.2, 0.25) is 0 Å². The van der Waals surface area contributed by atoms with Gasteiger partial charge >= 0.3 is 6.03 Å². The van der Waals surface area contributed by atoms with Gasteiger partial charge in [-0.25, -0.2) is 9.78 Å². The first-order valence-electron chi connectivity index (χ1n) is 10.6. The van der Waals surface area contributed by atoms with Gasteiger partial charge in [0.1, 0.15) is 5.75 Å². The highest BCUT2D eigenvalue weighted by atomic mass is 32.1. The molecule has 1 unspecified atom stereocenters. The highest BCUT2D eigenvalue weighted by Crippen LogP contribution is 2.32. The molecule has 0 spiro atoms. The number of hydrogen-bond acceptors (Lipinski definition) is 6. The maximum absolute atomic E-state index is 13.2. The van der Waals surface area contributed by atoms with E-state index in [4.69, 9.17) is 4.74 Å². The lowest BCUT2D eigenvalue weighted by molar-refractivity contribution is -0.136. The molecule has 1 fully saturated rings. The first-order valence-corrected chi connectivity index (χ1v) is 11.4. The SMILES string of the molecule is COc1cccc(N2CC(C(=O)N3CCc4nc(NC(=O)NC(C)C)sc4C3)CC2=O)c1. The fourth-order valence-electron chi connectivity index (χ4n) is 3.99. The van der Waals surface area contributed by atoms with Gasteiger partial charge in [-0.05, 0) is 26.0 Å². The van der Waals surface area contributed by atoms with E-state index >= 15 is 0 Å². The summed E-state index contributed by atoms with van der Waals surface area (Å²) >= 11 is 1.39. The van der Waals surface area contributed by atoms with Gasteiger partial charge in [0, 0.05) is 48.6 Å². The number of hydrogen-bond donors (Lipinski definition) is 2. The van der Waals surface area contributed by atoms with Crippen LogP contribution in [0.1, 0.15) is 30.8 Å². The number of ether oxygens (including phenoxy) is 1. The zero-order chi connectivity index (χ0) is 22.8. The minimum absolute atomic E-state index is 0.0187. The second kappa shape index (κ2) is 9.15. The molecule has 0 saturated carbocycles. The molecule has 2 aliphatic rings. The molecule has 2 aliphatic heterocycles. The Kier molecular flexibility index (Phi) is 6.31. The summed E-state index contributed by atoms with van der Waals surface area (Å²) in [4.78, 5) is 46.7. The molecular formula is C22H27N5O4S. The van der Waals surface area contributed by atoms with Gasteiger partial charge in [0.15, 0.2) is 5.13 Å². The van der Waals surface area contributed by atoms with E-state index in [9.17, 15) is 14.4 Å². The molecule has 0 aliphatic carbocycles. The van der Waals surface area contributed by atoms with E-state index in [1.54, 1.807) is 23.0 Å². The second-order valence-corrected chi connectivity index (χ2v) is 9.34. The lowest BCUT2D eigenvalue weighted by atomic mass is 10.1. The number of urea groups is 1. The van der Waals surface area contributed by atoms with Crippen LogP contribution >= 0.6 is 11.3 Å². The van der Waals surface area contributed by atoms with Crippen LogP contribution in [0, 0.1) is 5.92 Å². The molecule has 2 N–H and O–H groups in total. The average molecular weight is 458 g/mol. The number of anilines is 2. The van der Waals surface area contributed by atoms with E-state index in [-0.39, 0.29) is 36.2 Å². The van der Waals surface area contributed by atoms with Crippen LogP contribution in [-0.4, -0.2) is 54.0 Å². The standard InChI is InChI=1S/C22H27N5O4S/c1-13(2)23-21(30)25-22-24-17-7-8-26(12-18(17)32-22)20(29)14-9-19(28)27(11-14)15-5-4-6-16(10-15)31-3/h4-6,10,13-14H,7-9,11-12H2,1-3H3,(H2,23,24,25,30). The summed E-state index contributed by atoms with van der Waals surface area (Å²) in [5, 5.41) is 6.06. The predicted molar refractivity (Wildman–Crippen MR) is 122 cm³/mol. The summed E-state index contributed by atoms with van der Waals surface area (Å²) in [5.74, 6) is 0.215. The normalized spacial score (nSPS) is 18.0. The lowest BCUT2D eigenvalue weighted by Gasteiger charge is -2.28. The summed E-state index contributed by atoms with van der Waals surface area (Å²) in [5.41, 5.74) is 1.66. The van der Waals surface area contributed by atoms with E-state index in [1.165, 1.54) is 11.3 Å². The molecule has 0 radical (unpaired) electrons. The van der Waals surface area contributed by atoms with Crippen molar-refractivity contribution in [2.24, 2.45) is 5.92 Å². The number of benzene rings is 1. The van der Waals surface area contributed by atoms with Crippen molar-refractivity contribution < 1.29 is 19.1 Å². The minimum atomic E-state index is -0.377. The highest BCUT2D eigenvalue weighted by molar-refractivity contribution is 7.15. The van der Waals surface area contributed by atoms with Crippen LogP contribution in [0.25, 0.3) is 0 Å². The maximum Gasteiger partial charge on any atom is 0.321 e. The number of nitrogens with one attached hydrogen (secondary N) is 2. The second-order valence-electron chi connectivity index (χ2n) is 8.26. The molecule has 32 heavy (non-hydrogen) atoms. The molecule has 1 aromatic carbocycles. The van der Waals surface area contributed by atoms with E-state index < -0.39 is 0 Å². The minimum Gasteiger partial charge on any atom is -0.497 e. The molecule has 9 nitrogen and oxygen atoms in total. The number of aromatic nitrogens is 1. The molecule has 1 atom stereocenters. The largest absolute Gasteiger partial charge is 0.497 e. The zero-order valence-corrected chi connectivity index (χ0v) is 19.2. The van der Waals surface area contributed by atoms with E-state index in [2.05, 4.69) is 15.6 Å². The summed E-state index contributed by atoms with van der Waals surface area (Å²) in [7, 11) is 1.58. The zero-order valence-electron chi connectivity index (χ0n) is 18.4. The van der Waals surface area contributed by atoms with Crippen LogP contribution in [-0.2, 0) is 22.6 Å². The summed E-state index contributed by atoms with van der Waals surface area (Å²) in [6.45, 7) is 5.14. The monoisotopic (exact) mass is 457 g/mol. The molecule has 4 amide bonds. The number of carbonyl (C=O) groups excluding carboxylic acids is 3. The Morgan fingerprint density at radius 2 is 2.12 bits per heavy atom. The van der Waals surface area contributed by atoms with Crippen LogP contribution in [0.15, 0.2) is 24.3 Å². The Bertz CT molecular complexity index is 1040. The molecule has 1 saturated heterocycles. The van der Waals surface area contributed by atoms with Crippen molar-refractivity contribution >= 4 is 40.0 Å². The Hall–Kier alpha value is -3.14. The Morgan fingerprint density at radius 1 is 1.31 bits per heavy atom. The average Bonchev–Trinajstić information content (AvgIpc) is 3.34. The first kappa shape index (κ1) is 22.1. The van der Waals surface area contributed by atoms with Gasteiger partial charge in [-0.1, -0.05) is 17.4 Å². The number of carbonyl (C=O) groups is 3. The molecule has 4 rings (SSSR count). The van der Waals surface area contributed by atoms with Crippen molar-refractivity contribution in [3.05, 3.63) is 34.8 Å². The lowest BCUT2D eigenvalue weighted by Crippen LogP contribution is -2.40. The van der Waals surface area contributed by atoms with Crippen molar-refractivity contribution in [3.63, 3.8) is 0 Å². The van der Waals surface area contributed by atoms with Crippen molar-refractivity contribution in [2.45, 2.75) is 39.3 Å². The Labute approximate surface area is 190 Å². The van der Waals surface area contributed by atoms with E-state index in [0.29, 0.717) is 36.9 Å². The highest BCUT2D eigenvalue weighted by Gasteiger charge is 2.38. The number of thiazole rings is 1. The number of rotatable bonds is 5. The quantitative estimate of drug-likeness (QED) is 0.718. The molecule has 170 valence electrons.